The predicted molar refractivity (Wildman–Crippen MR) is 129 cm³/mol. The summed E-state index contributed by atoms with van der Waals surface area (Å²) in [6.07, 6.45) is 2.27. The molecule has 30 heavy (non-hydrogen) atoms. The van der Waals surface area contributed by atoms with Gasteiger partial charge in [0.15, 0.2) is 5.13 Å². The van der Waals surface area contributed by atoms with Gasteiger partial charge in [0.2, 0.25) is 5.91 Å². The molecular weight excluding hydrogens is 392 g/mol. The van der Waals surface area contributed by atoms with E-state index in [2.05, 4.69) is 52.1 Å². The van der Waals surface area contributed by atoms with Crippen molar-refractivity contribution >= 4 is 44.0 Å². The minimum absolute atomic E-state index is 0.152. The van der Waals surface area contributed by atoms with Gasteiger partial charge in [-0.15, -0.1) is 0 Å². The number of benzene rings is 2. The van der Waals surface area contributed by atoms with Crippen molar-refractivity contribution in [3.63, 3.8) is 0 Å². The van der Waals surface area contributed by atoms with Crippen LogP contribution in [0.5, 0.6) is 0 Å². The second kappa shape index (κ2) is 9.47. The molecular formula is C24H32N4OS. The Morgan fingerprint density at radius 3 is 2.30 bits per heavy atom. The van der Waals surface area contributed by atoms with Crippen LogP contribution in [-0.2, 0) is 11.2 Å². The third-order valence-corrected chi connectivity index (χ3v) is 6.24. The van der Waals surface area contributed by atoms with Crippen LogP contribution in [0.2, 0.25) is 0 Å². The van der Waals surface area contributed by atoms with Crippen LogP contribution in [0.15, 0.2) is 24.3 Å². The second-order valence-corrected chi connectivity index (χ2v) is 9.00. The first-order chi connectivity index (χ1) is 14.3. The molecule has 3 N–H and O–H groups in total. The molecule has 0 unspecified atom stereocenters. The maximum Gasteiger partial charge on any atom is 0.227 e. The van der Waals surface area contributed by atoms with Gasteiger partial charge in [-0.25, -0.2) is 4.98 Å². The Labute approximate surface area is 183 Å². The Morgan fingerprint density at radius 2 is 1.70 bits per heavy atom. The largest absolute Gasteiger partial charge is 0.399 e. The Morgan fingerprint density at radius 1 is 1.07 bits per heavy atom. The Hall–Kier alpha value is -2.60. The zero-order valence-corrected chi connectivity index (χ0v) is 19.4. The molecule has 0 aliphatic rings. The number of carbonyl (C=O) groups excluding carboxylic acids is 1. The molecule has 3 aromatic rings. The van der Waals surface area contributed by atoms with Gasteiger partial charge in [0.1, 0.15) is 0 Å². The van der Waals surface area contributed by atoms with Crippen molar-refractivity contribution in [3.05, 3.63) is 46.5 Å². The van der Waals surface area contributed by atoms with Crippen LogP contribution in [0.4, 0.5) is 16.5 Å². The first-order valence-corrected chi connectivity index (χ1v) is 11.5. The average Bonchev–Trinajstić information content (AvgIpc) is 3.07. The molecule has 160 valence electrons. The van der Waals surface area contributed by atoms with Crippen molar-refractivity contribution < 1.29 is 4.79 Å². The molecule has 3 rings (SSSR count). The summed E-state index contributed by atoms with van der Waals surface area (Å²) in [5.41, 5.74) is 13.3. The lowest BCUT2D eigenvalue weighted by Gasteiger charge is -2.21. The smallest absolute Gasteiger partial charge is 0.227 e. The highest BCUT2D eigenvalue weighted by atomic mass is 32.1. The van der Waals surface area contributed by atoms with Crippen LogP contribution < -0.4 is 11.1 Å². The Kier molecular flexibility index (Phi) is 6.98. The highest BCUT2D eigenvalue weighted by molar-refractivity contribution is 7.22. The molecule has 0 bridgehead atoms. The minimum atomic E-state index is 0.152. The summed E-state index contributed by atoms with van der Waals surface area (Å²) < 4.78 is 1.02. The molecule has 1 aromatic heterocycles. The van der Waals surface area contributed by atoms with Crippen LogP contribution in [0.25, 0.3) is 10.2 Å². The summed E-state index contributed by atoms with van der Waals surface area (Å²) in [7, 11) is 0. The molecule has 6 heteroatoms. The summed E-state index contributed by atoms with van der Waals surface area (Å²) in [4.78, 5) is 19.6. The van der Waals surface area contributed by atoms with Crippen molar-refractivity contribution in [3.8, 4) is 0 Å². The number of nitrogens with zero attached hydrogens (tertiary/aromatic N) is 2. The molecule has 5 nitrogen and oxygen atoms in total. The topological polar surface area (TPSA) is 71.2 Å². The summed E-state index contributed by atoms with van der Waals surface area (Å²) in [5, 5.41) is 4.31. The first kappa shape index (κ1) is 22.1. The van der Waals surface area contributed by atoms with E-state index in [0.29, 0.717) is 12.1 Å². The van der Waals surface area contributed by atoms with E-state index in [-0.39, 0.29) is 5.91 Å². The summed E-state index contributed by atoms with van der Waals surface area (Å²) >= 11 is 1.58. The molecule has 0 radical (unpaired) electrons. The number of nitrogens with two attached hydrogens (primary N) is 1. The van der Waals surface area contributed by atoms with Crippen molar-refractivity contribution in [2.45, 2.75) is 53.9 Å². The number of nitrogen functional groups attached to an aromatic ring is 1. The average molecular weight is 425 g/mol. The lowest BCUT2D eigenvalue weighted by atomic mass is 10.1. The number of hydrogen-bond acceptors (Lipinski definition) is 5. The number of aromatic nitrogens is 1. The van der Waals surface area contributed by atoms with Crippen molar-refractivity contribution in [2.24, 2.45) is 0 Å². The third kappa shape index (κ3) is 4.93. The van der Waals surface area contributed by atoms with Crippen molar-refractivity contribution in [2.75, 3.05) is 24.1 Å². The van der Waals surface area contributed by atoms with Crippen LogP contribution in [-0.4, -0.2) is 28.9 Å². The molecule has 0 atom stereocenters. The van der Waals surface area contributed by atoms with Crippen molar-refractivity contribution in [1.82, 2.24) is 9.88 Å². The van der Waals surface area contributed by atoms with Gasteiger partial charge in [-0.05, 0) is 62.4 Å². The molecule has 0 fully saturated rings. The SMILES string of the molecule is CCCN(CCC)C(=O)Cc1cc(N)cc2nc(Nc3c(C)cc(C)cc3C)sc12. The third-order valence-electron chi connectivity index (χ3n) is 5.18. The van der Waals surface area contributed by atoms with Crippen LogP contribution in [0, 0.1) is 20.8 Å². The van der Waals surface area contributed by atoms with E-state index in [1.165, 1.54) is 16.7 Å². The van der Waals surface area contributed by atoms with Gasteiger partial charge < -0.3 is 16.0 Å². The van der Waals surface area contributed by atoms with Gasteiger partial charge in [0.05, 0.1) is 16.6 Å². The fourth-order valence-corrected chi connectivity index (χ4v) is 4.93. The standard InChI is InChI=1S/C24H32N4OS/c1-6-8-28(9-7-2)21(29)13-18-12-19(25)14-20-23(18)30-24(26-20)27-22-16(4)10-15(3)11-17(22)5/h10-12,14H,6-9,13,25H2,1-5H3,(H,26,27). The van der Waals surface area contributed by atoms with E-state index in [4.69, 9.17) is 10.7 Å². The number of aryl methyl sites for hydroxylation is 3. The lowest BCUT2D eigenvalue weighted by molar-refractivity contribution is -0.130. The number of rotatable bonds is 8. The van der Waals surface area contributed by atoms with E-state index >= 15 is 0 Å². The number of hydrogen-bond donors (Lipinski definition) is 2. The molecule has 0 saturated carbocycles. The summed E-state index contributed by atoms with van der Waals surface area (Å²) in [6, 6.07) is 8.14. The normalized spacial score (nSPS) is 11.1. The van der Waals surface area contributed by atoms with Crippen LogP contribution in [0.3, 0.4) is 0 Å². The molecule has 0 aliphatic carbocycles. The van der Waals surface area contributed by atoms with E-state index < -0.39 is 0 Å². The van der Waals surface area contributed by atoms with E-state index in [0.717, 1.165) is 52.5 Å². The highest BCUT2D eigenvalue weighted by Crippen LogP contribution is 2.34. The van der Waals surface area contributed by atoms with Gasteiger partial charge in [0.25, 0.3) is 0 Å². The summed E-state index contributed by atoms with van der Waals surface area (Å²) in [6.45, 7) is 12.1. The summed E-state index contributed by atoms with van der Waals surface area (Å²) in [5.74, 6) is 0.152. The van der Waals surface area contributed by atoms with Crippen molar-refractivity contribution in [1.29, 1.82) is 0 Å². The zero-order chi connectivity index (χ0) is 21.8. The van der Waals surface area contributed by atoms with E-state index in [9.17, 15) is 4.79 Å². The number of amides is 1. The predicted octanol–water partition coefficient (Wildman–Crippen LogP) is 5.74. The van der Waals surface area contributed by atoms with Gasteiger partial charge in [-0.2, -0.15) is 0 Å². The minimum Gasteiger partial charge on any atom is -0.399 e. The monoisotopic (exact) mass is 424 g/mol. The number of carbonyl (C=O) groups is 1. The van der Waals surface area contributed by atoms with Gasteiger partial charge in [-0.1, -0.05) is 42.9 Å². The molecule has 1 heterocycles. The molecule has 2 aromatic carbocycles. The highest BCUT2D eigenvalue weighted by Gasteiger charge is 2.17. The molecule has 1 amide bonds. The van der Waals surface area contributed by atoms with Gasteiger partial charge in [-0.3, -0.25) is 4.79 Å². The maximum atomic E-state index is 12.9. The fourth-order valence-electron chi connectivity index (χ4n) is 3.97. The Balaban J connectivity index is 1.92. The van der Waals surface area contributed by atoms with Crippen LogP contribution >= 0.6 is 11.3 Å². The Bertz CT molecular complexity index is 1030. The molecule has 0 saturated heterocycles. The maximum absolute atomic E-state index is 12.9. The lowest BCUT2D eigenvalue weighted by Crippen LogP contribution is -2.33. The number of thiazole rings is 1. The second-order valence-electron chi connectivity index (χ2n) is 8.00. The molecule has 0 spiro atoms. The van der Waals surface area contributed by atoms with E-state index in [1.54, 1.807) is 11.3 Å². The first-order valence-electron chi connectivity index (χ1n) is 10.6. The van der Waals surface area contributed by atoms with E-state index in [1.807, 2.05) is 17.0 Å². The quantitative estimate of drug-likeness (QED) is 0.452. The number of fused-ring (bicyclic) bond motifs is 1. The van der Waals surface area contributed by atoms with Gasteiger partial charge in [0, 0.05) is 24.5 Å². The fraction of sp³-hybridized carbons (Fsp3) is 0.417. The molecule has 0 aliphatic heterocycles. The van der Waals surface area contributed by atoms with Crippen LogP contribution in [0.1, 0.15) is 48.9 Å². The van der Waals surface area contributed by atoms with Gasteiger partial charge >= 0.3 is 0 Å². The number of anilines is 3. The zero-order valence-electron chi connectivity index (χ0n) is 18.6. The number of nitrogens with one attached hydrogen (secondary N) is 1.